The summed E-state index contributed by atoms with van der Waals surface area (Å²) in [6, 6.07) is 7.76. The van der Waals surface area contributed by atoms with Crippen LogP contribution in [0.3, 0.4) is 0 Å². The van der Waals surface area contributed by atoms with Crippen LogP contribution in [-0.2, 0) is 11.2 Å². The van der Waals surface area contributed by atoms with Crippen molar-refractivity contribution in [1.29, 1.82) is 0 Å². The second kappa shape index (κ2) is 4.50. The molecule has 0 saturated heterocycles. The van der Waals surface area contributed by atoms with E-state index in [1.54, 1.807) is 0 Å². The number of nitrogens with one attached hydrogen (secondary N) is 1. The minimum atomic E-state index is -0.755. The Balaban J connectivity index is 2.61. The van der Waals surface area contributed by atoms with Crippen LogP contribution in [0.1, 0.15) is 12.0 Å². The molecule has 1 aromatic rings. The number of hydrogen-bond donors (Lipinski definition) is 2. The average Bonchev–Trinajstić information content (AvgIpc) is 2.15. The van der Waals surface area contributed by atoms with E-state index in [4.69, 9.17) is 5.11 Å². The molecule has 0 atom stereocenters. The molecule has 0 bridgehead atoms. The summed E-state index contributed by atoms with van der Waals surface area (Å²) >= 11 is 0. The maximum Gasteiger partial charge on any atom is 0.303 e. The molecule has 13 heavy (non-hydrogen) atoms. The number of aliphatic carboxylic acids is 1. The quantitative estimate of drug-likeness (QED) is 0.740. The molecule has 2 N–H and O–H groups in total. The van der Waals surface area contributed by atoms with Gasteiger partial charge < -0.3 is 10.4 Å². The van der Waals surface area contributed by atoms with E-state index in [0.29, 0.717) is 6.42 Å². The fourth-order valence-corrected chi connectivity index (χ4v) is 1.13. The molecule has 0 aliphatic rings. The SMILES string of the molecule is CNc1cccc(CCC(=O)O)c1. The molecular formula is C10H13NO2. The van der Waals surface area contributed by atoms with Gasteiger partial charge in [-0.1, -0.05) is 12.1 Å². The minimum absolute atomic E-state index is 0.188. The number of carbonyl (C=O) groups is 1. The summed E-state index contributed by atoms with van der Waals surface area (Å²) in [5.41, 5.74) is 2.07. The number of carboxylic acids is 1. The Labute approximate surface area is 77.4 Å². The molecule has 0 amide bonds. The Morgan fingerprint density at radius 2 is 2.31 bits per heavy atom. The van der Waals surface area contributed by atoms with Crippen molar-refractivity contribution in [3.63, 3.8) is 0 Å². The first-order chi connectivity index (χ1) is 6.22. The maximum atomic E-state index is 10.3. The van der Waals surface area contributed by atoms with Crippen LogP contribution in [0.25, 0.3) is 0 Å². The molecule has 0 aliphatic heterocycles. The Morgan fingerprint density at radius 1 is 1.54 bits per heavy atom. The number of hydrogen-bond acceptors (Lipinski definition) is 2. The summed E-state index contributed by atoms with van der Waals surface area (Å²) < 4.78 is 0. The Hall–Kier alpha value is -1.51. The van der Waals surface area contributed by atoms with Crippen molar-refractivity contribution in [3.05, 3.63) is 29.8 Å². The molecule has 3 heteroatoms. The highest BCUT2D eigenvalue weighted by atomic mass is 16.4. The van der Waals surface area contributed by atoms with Crippen LogP contribution in [-0.4, -0.2) is 18.1 Å². The van der Waals surface area contributed by atoms with E-state index >= 15 is 0 Å². The number of rotatable bonds is 4. The molecule has 1 aromatic carbocycles. The molecular weight excluding hydrogens is 166 g/mol. The summed E-state index contributed by atoms with van der Waals surface area (Å²) in [5, 5.41) is 11.5. The first-order valence-corrected chi connectivity index (χ1v) is 4.21. The molecule has 0 fully saturated rings. The zero-order valence-corrected chi connectivity index (χ0v) is 7.58. The molecule has 0 aromatic heterocycles. The summed E-state index contributed by atoms with van der Waals surface area (Å²) in [4.78, 5) is 10.3. The van der Waals surface area contributed by atoms with Crippen molar-refractivity contribution >= 4 is 11.7 Å². The van der Waals surface area contributed by atoms with E-state index in [2.05, 4.69) is 5.32 Å². The first-order valence-electron chi connectivity index (χ1n) is 4.21. The molecule has 0 heterocycles. The van der Waals surface area contributed by atoms with Crippen molar-refractivity contribution in [2.45, 2.75) is 12.8 Å². The van der Waals surface area contributed by atoms with Crippen LogP contribution >= 0.6 is 0 Å². The highest BCUT2D eigenvalue weighted by molar-refractivity contribution is 5.67. The Morgan fingerprint density at radius 3 is 2.92 bits per heavy atom. The third-order valence-electron chi connectivity index (χ3n) is 1.84. The van der Waals surface area contributed by atoms with Crippen LogP contribution in [0.4, 0.5) is 5.69 Å². The molecule has 0 saturated carbocycles. The van der Waals surface area contributed by atoms with E-state index in [9.17, 15) is 4.79 Å². The van der Waals surface area contributed by atoms with E-state index in [1.807, 2.05) is 31.3 Å². The highest BCUT2D eigenvalue weighted by Crippen LogP contribution is 2.11. The predicted octanol–water partition coefficient (Wildman–Crippen LogP) is 1.75. The van der Waals surface area contributed by atoms with E-state index in [-0.39, 0.29) is 6.42 Å². The molecule has 70 valence electrons. The van der Waals surface area contributed by atoms with Gasteiger partial charge in [0.05, 0.1) is 0 Å². The van der Waals surface area contributed by atoms with Crippen molar-refractivity contribution < 1.29 is 9.90 Å². The van der Waals surface area contributed by atoms with E-state index in [1.165, 1.54) is 0 Å². The van der Waals surface area contributed by atoms with E-state index in [0.717, 1.165) is 11.3 Å². The highest BCUT2D eigenvalue weighted by Gasteiger charge is 1.99. The molecule has 3 nitrogen and oxygen atoms in total. The van der Waals surface area contributed by atoms with Gasteiger partial charge in [0.15, 0.2) is 0 Å². The van der Waals surface area contributed by atoms with Gasteiger partial charge in [0.1, 0.15) is 0 Å². The number of anilines is 1. The maximum absolute atomic E-state index is 10.3. The second-order valence-corrected chi connectivity index (χ2v) is 2.84. The van der Waals surface area contributed by atoms with Gasteiger partial charge in [-0.25, -0.2) is 0 Å². The van der Waals surface area contributed by atoms with Gasteiger partial charge in [-0.05, 0) is 24.1 Å². The molecule has 0 spiro atoms. The van der Waals surface area contributed by atoms with Crippen LogP contribution in [0.5, 0.6) is 0 Å². The lowest BCUT2D eigenvalue weighted by Crippen LogP contribution is -1.98. The summed E-state index contributed by atoms with van der Waals surface area (Å²) in [6.45, 7) is 0. The fourth-order valence-electron chi connectivity index (χ4n) is 1.13. The molecule has 1 rings (SSSR count). The standard InChI is InChI=1S/C10H13NO2/c1-11-9-4-2-3-8(7-9)5-6-10(12)13/h2-4,7,11H,5-6H2,1H3,(H,12,13). The second-order valence-electron chi connectivity index (χ2n) is 2.84. The number of benzene rings is 1. The van der Waals surface area contributed by atoms with E-state index < -0.39 is 5.97 Å². The smallest absolute Gasteiger partial charge is 0.303 e. The molecule has 0 radical (unpaired) electrons. The largest absolute Gasteiger partial charge is 0.481 e. The normalized spacial score (nSPS) is 9.62. The molecule has 0 aliphatic carbocycles. The average molecular weight is 179 g/mol. The Kier molecular flexibility index (Phi) is 3.31. The number of aryl methyl sites for hydroxylation is 1. The Bertz CT molecular complexity index is 297. The third-order valence-corrected chi connectivity index (χ3v) is 1.84. The van der Waals surface area contributed by atoms with Gasteiger partial charge in [-0.3, -0.25) is 4.79 Å². The van der Waals surface area contributed by atoms with Gasteiger partial charge in [0.2, 0.25) is 0 Å². The molecule has 0 unspecified atom stereocenters. The predicted molar refractivity (Wildman–Crippen MR) is 51.9 cm³/mol. The number of carboxylic acid groups (broad SMARTS) is 1. The van der Waals surface area contributed by atoms with Gasteiger partial charge in [-0.2, -0.15) is 0 Å². The monoisotopic (exact) mass is 179 g/mol. The van der Waals surface area contributed by atoms with Crippen LogP contribution in [0, 0.1) is 0 Å². The van der Waals surface area contributed by atoms with Crippen LogP contribution in [0.2, 0.25) is 0 Å². The lowest BCUT2D eigenvalue weighted by molar-refractivity contribution is -0.136. The summed E-state index contributed by atoms with van der Waals surface area (Å²) in [6.07, 6.45) is 0.776. The zero-order valence-electron chi connectivity index (χ0n) is 7.58. The zero-order chi connectivity index (χ0) is 9.68. The first kappa shape index (κ1) is 9.58. The van der Waals surface area contributed by atoms with Crippen LogP contribution < -0.4 is 5.32 Å². The van der Waals surface area contributed by atoms with Crippen LogP contribution in [0.15, 0.2) is 24.3 Å². The van der Waals surface area contributed by atoms with Crippen molar-refractivity contribution in [2.75, 3.05) is 12.4 Å². The topological polar surface area (TPSA) is 49.3 Å². The lowest BCUT2D eigenvalue weighted by atomic mass is 10.1. The van der Waals surface area contributed by atoms with Crippen molar-refractivity contribution in [2.24, 2.45) is 0 Å². The van der Waals surface area contributed by atoms with Gasteiger partial charge in [-0.15, -0.1) is 0 Å². The third kappa shape index (κ3) is 3.15. The van der Waals surface area contributed by atoms with Crippen molar-refractivity contribution in [3.8, 4) is 0 Å². The van der Waals surface area contributed by atoms with Gasteiger partial charge in [0.25, 0.3) is 0 Å². The van der Waals surface area contributed by atoms with Crippen molar-refractivity contribution in [1.82, 2.24) is 0 Å². The summed E-state index contributed by atoms with van der Waals surface area (Å²) in [7, 11) is 1.84. The minimum Gasteiger partial charge on any atom is -0.481 e. The lowest BCUT2D eigenvalue weighted by Gasteiger charge is -2.02. The van der Waals surface area contributed by atoms with Gasteiger partial charge in [0, 0.05) is 19.2 Å². The summed E-state index contributed by atoms with van der Waals surface area (Å²) in [5.74, 6) is -0.755. The fraction of sp³-hybridized carbons (Fsp3) is 0.300. The van der Waals surface area contributed by atoms with Gasteiger partial charge >= 0.3 is 5.97 Å².